The molecule has 0 aromatic carbocycles. The number of primary amides is 1. The molecule has 0 radical (unpaired) electrons. The van der Waals surface area contributed by atoms with Gasteiger partial charge in [-0.1, -0.05) is 0 Å². The third-order valence-electron chi connectivity index (χ3n) is 1.77. The van der Waals surface area contributed by atoms with Crippen molar-refractivity contribution in [3.05, 3.63) is 0 Å². The normalized spacial score (nSPS) is 12.1. The molecule has 0 aromatic rings. The van der Waals surface area contributed by atoms with Crippen molar-refractivity contribution in [2.45, 2.75) is 25.9 Å². The number of carbonyl (C=O) groups is 2. The van der Waals surface area contributed by atoms with Crippen LogP contribution in [-0.4, -0.2) is 37.6 Å². The van der Waals surface area contributed by atoms with E-state index in [1.165, 1.54) is 0 Å². The number of hydrogen-bond donors (Lipinski definition) is 3. The van der Waals surface area contributed by atoms with Gasteiger partial charge in [-0.05, 0) is 6.92 Å². The van der Waals surface area contributed by atoms with Crippen LogP contribution in [-0.2, 0) is 14.3 Å². The van der Waals surface area contributed by atoms with E-state index < -0.39 is 5.91 Å². The van der Waals surface area contributed by atoms with Crippen LogP contribution in [0.15, 0.2) is 0 Å². The number of hydrogen-bond acceptors (Lipinski definition) is 4. The molecule has 0 aliphatic rings. The molecular formula is C9H19N3O3. The lowest BCUT2D eigenvalue weighted by Gasteiger charge is -2.14. The van der Waals surface area contributed by atoms with Crippen LogP contribution in [0, 0.1) is 0 Å². The monoisotopic (exact) mass is 217 g/mol. The molecule has 0 saturated carbocycles. The van der Waals surface area contributed by atoms with E-state index >= 15 is 0 Å². The molecule has 6 heteroatoms. The summed E-state index contributed by atoms with van der Waals surface area (Å²) in [6, 6.07) is 0. The molecule has 0 aliphatic carbocycles. The van der Waals surface area contributed by atoms with Gasteiger partial charge >= 0.3 is 0 Å². The highest BCUT2D eigenvalue weighted by Gasteiger charge is 2.11. The standard InChI is InChI=1S/C9H19N3O3/c1-2-15-7(6-10)5-9(14)12-4-3-8(11)13/h7H,2-6,10H2,1H3,(H2,11,13)(H,12,14). The van der Waals surface area contributed by atoms with Crippen molar-refractivity contribution in [2.24, 2.45) is 11.5 Å². The van der Waals surface area contributed by atoms with E-state index in [9.17, 15) is 9.59 Å². The Hall–Kier alpha value is -1.14. The SMILES string of the molecule is CCOC(CN)CC(=O)NCCC(N)=O. The highest BCUT2D eigenvalue weighted by molar-refractivity contribution is 5.78. The van der Waals surface area contributed by atoms with Gasteiger partial charge in [-0.2, -0.15) is 0 Å². The van der Waals surface area contributed by atoms with Gasteiger partial charge in [0.15, 0.2) is 0 Å². The molecule has 0 spiro atoms. The quantitative estimate of drug-likeness (QED) is 0.471. The maximum atomic E-state index is 11.3. The highest BCUT2D eigenvalue weighted by Crippen LogP contribution is 1.96. The summed E-state index contributed by atoms with van der Waals surface area (Å²) >= 11 is 0. The first kappa shape index (κ1) is 13.9. The first-order valence-electron chi connectivity index (χ1n) is 4.96. The second-order valence-corrected chi connectivity index (χ2v) is 3.08. The van der Waals surface area contributed by atoms with E-state index in [1.54, 1.807) is 0 Å². The number of amides is 2. The minimum atomic E-state index is -0.435. The summed E-state index contributed by atoms with van der Waals surface area (Å²) in [6.45, 7) is 2.93. The molecule has 15 heavy (non-hydrogen) atoms. The van der Waals surface area contributed by atoms with Crippen LogP contribution < -0.4 is 16.8 Å². The minimum absolute atomic E-state index is 0.146. The molecule has 1 unspecified atom stereocenters. The summed E-state index contributed by atoms with van der Waals surface area (Å²) in [6.07, 6.45) is 0.0973. The Kier molecular flexibility index (Phi) is 7.57. The molecule has 6 nitrogen and oxygen atoms in total. The molecule has 0 heterocycles. The minimum Gasteiger partial charge on any atom is -0.377 e. The van der Waals surface area contributed by atoms with Crippen LogP contribution in [0.1, 0.15) is 19.8 Å². The average Bonchev–Trinajstić information content (AvgIpc) is 2.16. The first-order valence-corrected chi connectivity index (χ1v) is 4.96. The number of nitrogens with one attached hydrogen (secondary N) is 1. The van der Waals surface area contributed by atoms with Gasteiger partial charge in [0.25, 0.3) is 0 Å². The van der Waals surface area contributed by atoms with Crippen molar-refractivity contribution in [1.29, 1.82) is 0 Å². The molecule has 5 N–H and O–H groups in total. The van der Waals surface area contributed by atoms with Gasteiger partial charge in [-0.25, -0.2) is 0 Å². The van der Waals surface area contributed by atoms with Crippen molar-refractivity contribution in [1.82, 2.24) is 5.32 Å². The topological polar surface area (TPSA) is 107 Å². The maximum absolute atomic E-state index is 11.3. The molecule has 88 valence electrons. The van der Waals surface area contributed by atoms with Crippen LogP contribution in [0.3, 0.4) is 0 Å². The van der Waals surface area contributed by atoms with E-state index in [0.717, 1.165) is 0 Å². The fraction of sp³-hybridized carbons (Fsp3) is 0.778. The molecule has 0 aliphatic heterocycles. The van der Waals surface area contributed by atoms with E-state index in [4.69, 9.17) is 16.2 Å². The first-order chi connectivity index (χ1) is 7.10. The highest BCUT2D eigenvalue weighted by atomic mass is 16.5. The average molecular weight is 217 g/mol. The van der Waals surface area contributed by atoms with Crippen LogP contribution in [0.2, 0.25) is 0 Å². The smallest absolute Gasteiger partial charge is 0.222 e. The summed E-state index contributed by atoms with van der Waals surface area (Å²) in [5, 5.41) is 2.56. The fourth-order valence-corrected chi connectivity index (χ4v) is 1.05. The van der Waals surface area contributed by atoms with Gasteiger partial charge in [0, 0.05) is 26.1 Å². The largest absolute Gasteiger partial charge is 0.377 e. The second-order valence-electron chi connectivity index (χ2n) is 3.08. The van der Waals surface area contributed by atoms with Gasteiger partial charge in [0.05, 0.1) is 12.5 Å². The van der Waals surface area contributed by atoms with E-state index in [2.05, 4.69) is 5.32 Å². The summed E-state index contributed by atoms with van der Waals surface area (Å²) in [5.41, 5.74) is 10.3. The Bertz CT molecular complexity index is 209. The molecule has 0 fully saturated rings. The Balaban J connectivity index is 3.66. The lowest BCUT2D eigenvalue weighted by atomic mass is 10.2. The molecule has 0 saturated heterocycles. The van der Waals surface area contributed by atoms with Gasteiger partial charge in [0.1, 0.15) is 0 Å². The Labute approximate surface area is 89.3 Å². The van der Waals surface area contributed by atoms with Crippen molar-refractivity contribution in [3.8, 4) is 0 Å². The zero-order valence-corrected chi connectivity index (χ0v) is 8.99. The van der Waals surface area contributed by atoms with Crippen LogP contribution in [0.25, 0.3) is 0 Å². The van der Waals surface area contributed by atoms with Crippen LogP contribution in [0.4, 0.5) is 0 Å². The summed E-state index contributed by atoms with van der Waals surface area (Å²) in [5.74, 6) is -0.615. The Morgan fingerprint density at radius 3 is 2.60 bits per heavy atom. The zero-order chi connectivity index (χ0) is 11.7. The van der Waals surface area contributed by atoms with Gasteiger partial charge in [-0.3, -0.25) is 9.59 Å². The summed E-state index contributed by atoms with van der Waals surface area (Å²) < 4.78 is 5.21. The number of ether oxygens (including phenoxy) is 1. The summed E-state index contributed by atoms with van der Waals surface area (Å²) in [7, 11) is 0. The summed E-state index contributed by atoms with van der Waals surface area (Å²) in [4.78, 5) is 21.7. The van der Waals surface area contributed by atoms with E-state index in [1.807, 2.05) is 6.92 Å². The van der Waals surface area contributed by atoms with Crippen molar-refractivity contribution in [3.63, 3.8) is 0 Å². The molecule has 1 atom stereocenters. The van der Waals surface area contributed by atoms with Gasteiger partial charge in [0.2, 0.25) is 11.8 Å². The number of rotatable bonds is 8. The second kappa shape index (κ2) is 8.19. The molecular weight excluding hydrogens is 198 g/mol. The third-order valence-corrected chi connectivity index (χ3v) is 1.77. The lowest BCUT2D eigenvalue weighted by Crippen LogP contribution is -2.34. The lowest BCUT2D eigenvalue weighted by molar-refractivity contribution is -0.123. The van der Waals surface area contributed by atoms with E-state index in [0.29, 0.717) is 13.2 Å². The predicted octanol–water partition coefficient (Wildman–Crippen LogP) is -1.27. The third kappa shape index (κ3) is 7.90. The van der Waals surface area contributed by atoms with Crippen molar-refractivity contribution < 1.29 is 14.3 Å². The zero-order valence-electron chi connectivity index (χ0n) is 8.99. The molecule has 0 aromatic heterocycles. The van der Waals surface area contributed by atoms with Gasteiger partial charge < -0.3 is 21.5 Å². The van der Waals surface area contributed by atoms with Crippen molar-refractivity contribution in [2.75, 3.05) is 19.7 Å². The maximum Gasteiger partial charge on any atom is 0.222 e. The van der Waals surface area contributed by atoms with Crippen LogP contribution >= 0.6 is 0 Å². The molecule has 0 rings (SSSR count). The van der Waals surface area contributed by atoms with E-state index in [-0.39, 0.29) is 31.4 Å². The number of carbonyl (C=O) groups excluding carboxylic acids is 2. The Morgan fingerprint density at radius 2 is 2.13 bits per heavy atom. The predicted molar refractivity (Wildman–Crippen MR) is 55.9 cm³/mol. The molecule has 2 amide bonds. The molecule has 0 bridgehead atoms. The van der Waals surface area contributed by atoms with Crippen LogP contribution in [0.5, 0.6) is 0 Å². The van der Waals surface area contributed by atoms with Gasteiger partial charge in [-0.15, -0.1) is 0 Å². The van der Waals surface area contributed by atoms with Crippen molar-refractivity contribution >= 4 is 11.8 Å². The number of nitrogens with two attached hydrogens (primary N) is 2. The fourth-order valence-electron chi connectivity index (χ4n) is 1.05. The Morgan fingerprint density at radius 1 is 1.47 bits per heavy atom.